The number of hydrogen-bond donors (Lipinski definition) is 2. The van der Waals surface area contributed by atoms with Gasteiger partial charge in [0.05, 0.1) is 23.6 Å². The predicted octanol–water partition coefficient (Wildman–Crippen LogP) is 5.37. The Morgan fingerprint density at radius 3 is 2.41 bits per heavy atom. The Balaban J connectivity index is 1.51. The minimum Gasteiger partial charge on any atom is -0.378 e. The van der Waals surface area contributed by atoms with Gasteiger partial charge in [0.15, 0.2) is 0 Å². The van der Waals surface area contributed by atoms with E-state index in [4.69, 9.17) is 0 Å². The van der Waals surface area contributed by atoms with Crippen molar-refractivity contribution in [3.05, 3.63) is 89.9 Å². The summed E-state index contributed by atoms with van der Waals surface area (Å²) in [5.74, 6) is 0. The number of aromatic nitrogens is 3. The van der Waals surface area contributed by atoms with Gasteiger partial charge in [-0.1, -0.05) is 48.5 Å². The lowest BCUT2D eigenvalue weighted by Crippen LogP contribution is -2.00. The zero-order valence-corrected chi connectivity index (χ0v) is 15.5. The van der Waals surface area contributed by atoms with Crippen LogP contribution in [0.5, 0.6) is 0 Å². The third kappa shape index (κ3) is 3.75. The number of aryl methyl sites for hydroxylation is 2. The van der Waals surface area contributed by atoms with E-state index in [1.54, 1.807) is 0 Å². The number of anilines is 1. The minimum absolute atomic E-state index is 0.664. The van der Waals surface area contributed by atoms with Crippen molar-refractivity contribution in [2.45, 2.75) is 20.4 Å². The fraction of sp³-hybridized carbons (Fsp3) is 0.130. The molecule has 4 rings (SSSR count). The molecule has 0 saturated carbocycles. The Hall–Kier alpha value is -3.40. The second kappa shape index (κ2) is 7.46. The second-order valence-corrected chi connectivity index (χ2v) is 6.73. The van der Waals surface area contributed by atoms with E-state index in [0.717, 1.165) is 28.2 Å². The van der Waals surface area contributed by atoms with Gasteiger partial charge in [-0.15, -0.1) is 0 Å². The van der Waals surface area contributed by atoms with Crippen LogP contribution in [0.15, 0.2) is 73.1 Å². The highest BCUT2D eigenvalue weighted by Gasteiger charge is 2.07. The van der Waals surface area contributed by atoms with Gasteiger partial charge in [0.25, 0.3) is 0 Å². The van der Waals surface area contributed by atoms with Crippen molar-refractivity contribution in [3.8, 4) is 22.4 Å². The van der Waals surface area contributed by atoms with Crippen LogP contribution < -0.4 is 5.32 Å². The van der Waals surface area contributed by atoms with Gasteiger partial charge in [0, 0.05) is 23.5 Å². The maximum absolute atomic E-state index is 4.42. The molecule has 27 heavy (non-hydrogen) atoms. The lowest BCUT2D eigenvalue weighted by molar-refractivity contribution is 0.982. The summed E-state index contributed by atoms with van der Waals surface area (Å²) in [7, 11) is 0. The summed E-state index contributed by atoms with van der Waals surface area (Å²) < 4.78 is 0. The first-order valence-corrected chi connectivity index (χ1v) is 9.06. The van der Waals surface area contributed by atoms with Crippen LogP contribution in [0.2, 0.25) is 0 Å². The molecule has 0 atom stereocenters. The van der Waals surface area contributed by atoms with Gasteiger partial charge in [0.1, 0.15) is 0 Å². The zero-order chi connectivity index (χ0) is 18.6. The maximum Gasteiger partial charge on any atom is 0.0924 e. The number of benzene rings is 2. The molecule has 4 aromatic rings. The minimum atomic E-state index is 0.664. The molecular weight excluding hydrogens is 332 g/mol. The van der Waals surface area contributed by atoms with Gasteiger partial charge in [-0.05, 0) is 42.7 Å². The normalized spacial score (nSPS) is 10.7. The number of nitrogens with zero attached hydrogens (tertiary/aromatic N) is 2. The summed E-state index contributed by atoms with van der Waals surface area (Å²) in [5.41, 5.74) is 8.99. The summed E-state index contributed by atoms with van der Waals surface area (Å²) >= 11 is 0. The first kappa shape index (κ1) is 17.0. The number of aromatic amines is 1. The average molecular weight is 354 g/mol. The Kier molecular flexibility index (Phi) is 4.71. The van der Waals surface area contributed by atoms with Crippen LogP contribution in [0.25, 0.3) is 22.4 Å². The Morgan fingerprint density at radius 1 is 0.852 bits per heavy atom. The number of H-pyrrole nitrogens is 1. The lowest BCUT2D eigenvalue weighted by Gasteiger charge is -2.11. The fourth-order valence-corrected chi connectivity index (χ4v) is 3.35. The van der Waals surface area contributed by atoms with Crippen LogP contribution >= 0.6 is 0 Å². The van der Waals surface area contributed by atoms with Crippen molar-refractivity contribution >= 4 is 5.69 Å². The molecule has 0 aliphatic rings. The zero-order valence-electron chi connectivity index (χ0n) is 15.5. The molecule has 4 heteroatoms. The van der Waals surface area contributed by atoms with Crippen molar-refractivity contribution in [3.63, 3.8) is 0 Å². The highest BCUT2D eigenvalue weighted by atomic mass is 15.1. The van der Waals surface area contributed by atoms with Gasteiger partial charge in [-0.3, -0.25) is 10.1 Å². The summed E-state index contributed by atoms with van der Waals surface area (Å²) in [6.07, 6.45) is 3.77. The Morgan fingerprint density at radius 2 is 1.63 bits per heavy atom. The third-order valence-corrected chi connectivity index (χ3v) is 4.69. The lowest BCUT2D eigenvalue weighted by atomic mass is 9.97. The summed E-state index contributed by atoms with van der Waals surface area (Å²) in [4.78, 5) is 4.42. The fourth-order valence-electron chi connectivity index (χ4n) is 3.35. The molecule has 2 aromatic heterocycles. The molecule has 0 saturated heterocycles. The molecule has 0 radical (unpaired) electrons. The molecule has 0 unspecified atom stereocenters. The molecule has 0 fully saturated rings. The number of pyridine rings is 1. The summed E-state index contributed by atoms with van der Waals surface area (Å²) in [6, 6.07) is 20.8. The van der Waals surface area contributed by atoms with Crippen LogP contribution in [0, 0.1) is 13.8 Å². The Labute approximate surface area is 159 Å². The van der Waals surface area contributed by atoms with E-state index in [9.17, 15) is 0 Å². The van der Waals surface area contributed by atoms with Crippen molar-refractivity contribution in [1.82, 2.24) is 15.2 Å². The predicted molar refractivity (Wildman–Crippen MR) is 110 cm³/mol. The average Bonchev–Trinajstić information content (AvgIpc) is 3.16. The van der Waals surface area contributed by atoms with Gasteiger partial charge in [-0.25, -0.2) is 0 Å². The molecular formula is C23H22N4. The van der Waals surface area contributed by atoms with Crippen LogP contribution in [-0.4, -0.2) is 15.2 Å². The quantitative estimate of drug-likeness (QED) is 0.507. The van der Waals surface area contributed by atoms with Crippen molar-refractivity contribution in [2.24, 2.45) is 0 Å². The number of hydrogen-bond acceptors (Lipinski definition) is 3. The highest BCUT2D eigenvalue weighted by molar-refractivity contribution is 5.72. The smallest absolute Gasteiger partial charge is 0.0924 e. The molecule has 0 spiro atoms. The van der Waals surface area contributed by atoms with Gasteiger partial charge >= 0.3 is 0 Å². The molecule has 0 aliphatic carbocycles. The molecule has 134 valence electrons. The second-order valence-electron chi connectivity index (χ2n) is 6.73. The SMILES string of the molecule is Cc1cccc(C)c1-c1cncc(NCc2cc(-c3ccccc3)n[nH]2)c1. The number of rotatable bonds is 5. The highest BCUT2D eigenvalue weighted by Crippen LogP contribution is 2.28. The van der Waals surface area contributed by atoms with Crippen LogP contribution in [0.1, 0.15) is 16.8 Å². The molecule has 2 heterocycles. The van der Waals surface area contributed by atoms with E-state index >= 15 is 0 Å². The number of nitrogens with one attached hydrogen (secondary N) is 2. The molecule has 0 amide bonds. The Bertz CT molecular complexity index is 1030. The van der Waals surface area contributed by atoms with Gasteiger partial charge < -0.3 is 5.32 Å². The molecule has 0 aliphatic heterocycles. The van der Waals surface area contributed by atoms with Gasteiger partial charge in [-0.2, -0.15) is 5.10 Å². The topological polar surface area (TPSA) is 53.6 Å². The first-order valence-electron chi connectivity index (χ1n) is 9.06. The van der Waals surface area contributed by atoms with Crippen LogP contribution in [0.4, 0.5) is 5.69 Å². The van der Waals surface area contributed by atoms with Crippen molar-refractivity contribution < 1.29 is 0 Å². The van der Waals surface area contributed by atoms with E-state index in [1.807, 2.05) is 30.6 Å². The van der Waals surface area contributed by atoms with Crippen LogP contribution in [-0.2, 0) is 6.54 Å². The van der Waals surface area contributed by atoms with Gasteiger partial charge in [0.2, 0.25) is 0 Å². The summed E-state index contributed by atoms with van der Waals surface area (Å²) in [6.45, 7) is 4.94. The van der Waals surface area contributed by atoms with E-state index in [0.29, 0.717) is 6.54 Å². The largest absolute Gasteiger partial charge is 0.378 e. The van der Waals surface area contributed by atoms with E-state index in [1.165, 1.54) is 16.7 Å². The standard InChI is InChI=1S/C23H22N4/c1-16-7-6-8-17(2)23(16)19-11-20(14-24-13-19)25-15-21-12-22(27-26-21)18-9-4-3-5-10-18/h3-14,25H,15H2,1-2H3,(H,26,27). The van der Waals surface area contributed by atoms with Crippen LogP contribution in [0.3, 0.4) is 0 Å². The maximum atomic E-state index is 4.42. The van der Waals surface area contributed by atoms with Crippen molar-refractivity contribution in [2.75, 3.05) is 5.32 Å². The molecule has 0 bridgehead atoms. The molecule has 4 nitrogen and oxygen atoms in total. The van der Waals surface area contributed by atoms with Crippen molar-refractivity contribution in [1.29, 1.82) is 0 Å². The third-order valence-electron chi connectivity index (χ3n) is 4.69. The summed E-state index contributed by atoms with van der Waals surface area (Å²) in [5, 5.41) is 11.0. The van der Waals surface area contributed by atoms with E-state index in [-0.39, 0.29) is 0 Å². The molecule has 2 N–H and O–H groups in total. The monoisotopic (exact) mass is 354 g/mol. The van der Waals surface area contributed by atoms with E-state index < -0.39 is 0 Å². The van der Waals surface area contributed by atoms with E-state index in [2.05, 4.69) is 76.8 Å². The first-order chi connectivity index (χ1) is 13.2. The molecule has 2 aromatic carbocycles.